The molecule has 2 N–H and O–H groups in total. The molecule has 1 aromatic heterocycles. The number of benzene rings is 1. The van der Waals surface area contributed by atoms with Crippen molar-refractivity contribution in [2.75, 3.05) is 5.32 Å². The van der Waals surface area contributed by atoms with Crippen LogP contribution in [0.15, 0.2) is 35.2 Å². The fraction of sp³-hybridized carbons (Fsp3) is 0.143. The molecule has 0 saturated carbocycles. The molecular weight excluding hydrogens is 436 g/mol. The summed E-state index contributed by atoms with van der Waals surface area (Å²) in [4.78, 5) is 15.5. The maximum Gasteiger partial charge on any atom is 0.418 e. The van der Waals surface area contributed by atoms with Crippen molar-refractivity contribution in [3.05, 3.63) is 51.3 Å². The molecule has 1 heterocycles. The molecule has 6 nitrogen and oxygen atoms in total. The lowest BCUT2D eigenvalue weighted by atomic mass is 10.1. The lowest BCUT2D eigenvalue weighted by Crippen LogP contribution is -2.33. The van der Waals surface area contributed by atoms with Gasteiger partial charge in [0.15, 0.2) is 0 Å². The highest BCUT2D eigenvalue weighted by Crippen LogP contribution is 2.38. The molecule has 0 aliphatic heterocycles. The zero-order valence-corrected chi connectivity index (χ0v) is 14.9. The molecule has 0 fully saturated rings. The second kappa shape index (κ2) is 7.79. The number of rotatable bonds is 4. The van der Waals surface area contributed by atoms with Gasteiger partial charge in [-0.15, -0.1) is 11.3 Å². The molecule has 0 unspecified atom stereocenters. The van der Waals surface area contributed by atoms with Crippen LogP contribution in [0, 0.1) is 0 Å². The highest BCUT2D eigenvalue weighted by Gasteiger charge is 2.37. The number of aromatic nitrogens is 1. The number of amides is 2. The van der Waals surface area contributed by atoms with E-state index < -0.39 is 45.2 Å². The van der Waals surface area contributed by atoms with Gasteiger partial charge in [0.2, 0.25) is 0 Å². The summed E-state index contributed by atoms with van der Waals surface area (Å²) in [6.45, 7) is 0. The quantitative estimate of drug-likeness (QED) is 0.687. The first-order valence-corrected chi connectivity index (χ1v) is 9.40. The Kier molecular flexibility index (Phi) is 6.03. The second-order valence-electron chi connectivity index (χ2n) is 5.03. The van der Waals surface area contributed by atoms with E-state index in [0.29, 0.717) is 5.41 Å². The van der Waals surface area contributed by atoms with Crippen LogP contribution >= 0.6 is 11.3 Å². The number of carbonyl (C=O) groups is 1. The molecule has 28 heavy (non-hydrogen) atoms. The van der Waals surface area contributed by atoms with Crippen molar-refractivity contribution in [2.24, 2.45) is 0 Å². The number of nitrogens with zero attached hydrogens (tertiary/aromatic N) is 1. The van der Waals surface area contributed by atoms with Crippen molar-refractivity contribution in [3.8, 4) is 0 Å². The normalized spacial score (nSPS) is 12.9. The van der Waals surface area contributed by atoms with Gasteiger partial charge in [0.25, 0.3) is 10.0 Å². The van der Waals surface area contributed by atoms with Gasteiger partial charge in [-0.1, -0.05) is 0 Å². The largest absolute Gasteiger partial charge is 0.418 e. The minimum Gasteiger partial charge on any atom is -0.307 e. The van der Waals surface area contributed by atoms with Crippen molar-refractivity contribution in [1.82, 2.24) is 9.71 Å². The van der Waals surface area contributed by atoms with E-state index in [2.05, 4.69) is 4.98 Å². The Morgan fingerprint density at radius 1 is 1.11 bits per heavy atom. The Hall–Kier alpha value is -2.61. The predicted molar refractivity (Wildman–Crippen MR) is 88.7 cm³/mol. The molecule has 0 bridgehead atoms. The first-order chi connectivity index (χ1) is 12.8. The number of hydrogen-bond donors (Lipinski definition) is 2. The number of nitrogens with one attached hydrogen (secondary N) is 2. The molecule has 2 amide bonds. The maximum atomic E-state index is 13.0. The molecular formula is C14H9F6N3O3S2. The zero-order chi connectivity index (χ0) is 21.2. The summed E-state index contributed by atoms with van der Waals surface area (Å²) in [5.41, 5.74) is -4.28. The van der Waals surface area contributed by atoms with E-state index in [1.165, 1.54) is 16.2 Å². The average Bonchev–Trinajstić information content (AvgIpc) is 3.04. The van der Waals surface area contributed by atoms with Crippen molar-refractivity contribution in [3.63, 3.8) is 0 Å². The van der Waals surface area contributed by atoms with E-state index in [0.717, 1.165) is 17.4 Å². The Labute approximate surface area is 157 Å². The van der Waals surface area contributed by atoms with Crippen LogP contribution in [0.3, 0.4) is 0 Å². The summed E-state index contributed by atoms with van der Waals surface area (Å²) in [5, 5.41) is 3.82. The van der Waals surface area contributed by atoms with Gasteiger partial charge in [0.1, 0.15) is 5.01 Å². The van der Waals surface area contributed by atoms with E-state index >= 15 is 0 Å². The molecule has 14 heteroatoms. The highest BCUT2D eigenvalue weighted by atomic mass is 32.2. The van der Waals surface area contributed by atoms with Crippen LogP contribution in [0.2, 0.25) is 0 Å². The zero-order valence-electron chi connectivity index (χ0n) is 13.3. The second-order valence-corrected chi connectivity index (χ2v) is 7.52. The summed E-state index contributed by atoms with van der Waals surface area (Å²) in [6.07, 6.45) is -7.66. The van der Waals surface area contributed by atoms with Gasteiger partial charge in [0, 0.05) is 11.6 Å². The van der Waals surface area contributed by atoms with Crippen molar-refractivity contribution in [1.29, 1.82) is 0 Å². The molecule has 0 atom stereocenters. The van der Waals surface area contributed by atoms with Gasteiger partial charge in [-0.2, -0.15) is 26.3 Å². The van der Waals surface area contributed by atoms with Crippen molar-refractivity contribution < 1.29 is 39.6 Å². The number of sulfonamides is 1. The van der Waals surface area contributed by atoms with E-state index in [4.69, 9.17) is 0 Å². The molecule has 0 radical (unpaired) electrons. The number of alkyl halides is 6. The van der Waals surface area contributed by atoms with E-state index in [1.54, 1.807) is 5.38 Å². The first-order valence-electron chi connectivity index (χ1n) is 6.98. The Bertz CT molecular complexity index is 983. The van der Waals surface area contributed by atoms with Crippen LogP contribution in [0.4, 0.5) is 36.8 Å². The van der Waals surface area contributed by atoms with Crippen LogP contribution < -0.4 is 10.0 Å². The fourth-order valence-electron chi connectivity index (χ4n) is 1.85. The van der Waals surface area contributed by atoms with Gasteiger partial charge in [-0.05, 0) is 24.3 Å². The van der Waals surface area contributed by atoms with Gasteiger partial charge >= 0.3 is 18.4 Å². The first kappa shape index (κ1) is 21.7. The Morgan fingerprint density at radius 3 is 2.32 bits per heavy atom. The molecule has 0 spiro atoms. The van der Waals surface area contributed by atoms with Gasteiger partial charge in [-0.3, -0.25) is 0 Å². The number of anilines is 1. The SMILES string of the molecule is O=C(Nc1cc(C(F)(F)F)ccc1C(F)(F)F)NS(=O)(=O)/C=C/c1nccs1. The summed E-state index contributed by atoms with van der Waals surface area (Å²) < 4.78 is 102. The van der Waals surface area contributed by atoms with E-state index in [-0.39, 0.29) is 23.2 Å². The van der Waals surface area contributed by atoms with Crippen LogP contribution in [0.5, 0.6) is 0 Å². The number of urea groups is 1. The number of halogens is 6. The standard InChI is InChI=1S/C14H9F6N3O3S2/c15-13(16,17)8-1-2-9(14(18,19)20)10(7-8)22-12(24)23-28(25,26)6-3-11-21-4-5-27-11/h1-7H,(H2,22,23,24)/b6-3+. The summed E-state index contributed by atoms with van der Waals surface area (Å²) >= 11 is 1.07. The minimum absolute atomic E-state index is 0.0560. The Morgan fingerprint density at radius 2 is 1.79 bits per heavy atom. The molecule has 152 valence electrons. The number of carbonyl (C=O) groups excluding carboxylic acids is 1. The van der Waals surface area contributed by atoms with Crippen LogP contribution in [0.25, 0.3) is 6.08 Å². The van der Waals surface area contributed by atoms with Crippen LogP contribution in [0.1, 0.15) is 16.1 Å². The Balaban J connectivity index is 2.24. The lowest BCUT2D eigenvalue weighted by molar-refractivity contribution is -0.140. The molecule has 2 aromatic rings. The third-order valence-corrected chi connectivity index (χ3v) is 4.68. The van der Waals surface area contributed by atoms with E-state index in [9.17, 15) is 39.6 Å². The molecule has 0 aliphatic carbocycles. The molecule has 0 aliphatic rings. The number of hydrogen-bond acceptors (Lipinski definition) is 5. The fourth-order valence-corrected chi connectivity index (χ4v) is 3.15. The van der Waals surface area contributed by atoms with E-state index in [1.807, 2.05) is 0 Å². The summed E-state index contributed by atoms with van der Waals surface area (Å²) in [7, 11) is -4.44. The minimum atomic E-state index is -5.09. The monoisotopic (exact) mass is 445 g/mol. The third-order valence-electron chi connectivity index (χ3n) is 2.98. The molecule has 0 saturated heterocycles. The van der Waals surface area contributed by atoms with Crippen molar-refractivity contribution in [2.45, 2.75) is 12.4 Å². The number of thiazole rings is 1. The van der Waals surface area contributed by atoms with Gasteiger partial charge < -0.3 is 5.32 Å². The lowest BCUT2D eigenvalue weighted by Gasteiger charge is -2.16. The summed E-state index contributed by atoms with van der Waals surface area (Å²) in [6, 6.07) is -1.29. The van der Waals surface area contributed by atoms with Crippen LogP contribution in [-0.4, -0.2) is 19.4 Å². The van der Waals surface area contributed by atoms with Gasteiger partial charge in [-0.25, -0.2) is 22.9 Å². The smallest absolute Gasteiger partial charge is 0.307 e. The third kappa shape index (κ3) is 5.95. The highest BCUT2D eigenvalue weighted by molar-refractivity contribution is 7.93. The van der Waals surface area contributed by atoms with Crippen molar-refractivity contribution >= 4 is 39.2 Å². The van der Waals surface area contributed by atoms with Gasteiger partial charge in [0.05, 0.1) is 22.2 Å². The predicted octanol–water partition coefficient (Wildman–Crippen LogP) is 4.30. The van der Waals surface area contributed by atoms with Crippen LogP contribution in [-0.2, 0) is 22.4 Å². The average molecular weight is 445 g/mol. The molecule has 1 aromatic carbocycles. The summed E-state index contributed by atoms with van der Waals surface area (Å²) in [5.74, 6) is 0. The molecule has 2 rings (SSSR count). The topological polar surface area (TPSA) is 88.2 Å². The maximum absolute atomic E-state index is 13.0.